The van der Waals surface area contributed by atoms with Gasteiger partial charge in [-0.15, -0.1) is 0 Å². The van der Waals surface area contributed by atoms with Crippen molar-refractivity contribution >= 4 is 76.7 Å². The summed E-state index contributed by atoms with van der Waals surface area (Å²) in [5.41, 5.74) is 0.515. The Morgan fingerprint density at radius 3 is 1.83 bits per heavy atom. The van der Waals surface area contributed by atoms with Crippen molar-refractivity contribution in [3.63, 3.8) is 0 Å². The van der Waals surface area contributed by atoms with Crippen LogP contribution in [-0.2, 0) is 0 Å². The summed E-state index contributed by atoms with van der Waals surface area (Å²) in [6, 6.07) is 4.10. The van der Waals surface area contributed by atoms with E-state index in [9.17, 15) is 9.59 Å². The van der Waals surface area contributed by atoms with Gasteiger partial charge in [0.1, 0.15) is 0 Å². The number of hydrogen-bond donors (Lipinski definition) is 3. The van der Waals surface area contributed by atoms with Gasteiger partial charge in [-0.05, 0) is 24.6 Å². The van der Waals surface area contributed by atoms with Crippen LogP contribution >= 0.6 is 0 Å². The zero-order valence-corrected chi connectivity index (χ0v) is 12.4. The van der Waals surface area contributed by atoms with Gasteiger partial charge < -0.3 is 15.5 Å². The van der Waals surface area contributed by atoms with Crippen LogP contribution in [0.1, 0.15) is 66.2 Å². The Bertz CT molecular complexity index is 463. The zero-order chi connectivity index (χ0) is 15.7. The summed E-state index contributed by atoms with van der Waals surface area (Å²) in [4.78, 5) is 22.0. The molecule has 0 fully saturated rings. The van der Waals surface area contributed by atoms with Crippen LogP contribution < -0.4 is 5.32 Å². The van der Waals surface area contributed by atoms with Crippen molar-refractivity contribution < 1.29 is 19.8 Å². The van der Waals surface area contributed by atoms with Crippen LogP contribution in [0, 0.1) is 0 Å². The maximum atomic E-state index is 11.0. The second-order valence-corrected chi connectivity index (χ2v) is 5.10. The van der Waals surface area contributed by atoms with Crippen LogP contribution in [0.2, 0.25) is 0 Å². The SMILES string of the molecule is CCCCCCCCNc1cc(C(=O)O)cc(C(=O)O)c1.[NaH].[NaH]. The first-order valence-electron chi connectivity index (χ1n) is 7.40. The Morgan fingerprint density at radius 1 is 0.870 bits per heavy atom. The average Bonchev–Trinajstić information content (AvgIpc) is 2.46. The standard InChI is InChI=1S/C16H23NO4.2Na.2H/c1-2-3-4-5-6-7-8-17-14-10-12(15(18)19)9-13(11-14)16(20)21;;;;/h9-11,17H,2-8H2,1H3,(H,18,19)(H,20,21);;;;. The molecule has 0 atom stereocenters. The van der Waals surface area contributed by atoms with E-state index in [4.69, 9.17) is 10.2 Å². The van der Waals surface area contributed by atoms with Crippen molar-refractivity contribution in [3.05, 3.63) is 29.3 Å². The van der Waals surface area contributed by atoms with Gasteiger partial charge in [0.2, 0.25) is 0 Å². The van der Waals surface area contributed by atoms with Crippen LogP contribution in [0.5, 0.6) is 0 Å². The molecule has 0 aliphatic carbocycles. The quantitative estimate of drug-likeness (QED) is 0.450. The number of unbranched alkanes of at least 4 members (excludes halogenated alkanes) is 5. The van der Waals surface area contributed by atoms with E-state index < -0.39 is 11.9 Å². The molecule has 0 saturated heterocycles. The third-order valence-corrected chi connectivity index (χ3v) is 3.29. The predicted octanol–water partition coefficient (Wildman–Crippen LogP) is 2.56. The molecule has 0 heterocycles. The second kappa shape index (κ2) is 14.3. The summed E-state index contributed by atoms with van der Waals surface area (Å²) in [5.74, 6) is -2.25. The molecule has 0 radical (unpaired) electrons. The summed E-state index contributed by atoms with van der Waals surface area (Å²) in [6.45, 7) is 2.89. The van der Waals surface area contributed by atoms with E-state index in [-0.39, 0.29) is 70.2 Å². The van der Waals surface area contributed by atoms with Crippen LogP contribution in [0.25, 0.3) is 0 Å². The molecule has 5 nitrogen and oxygen atoms in total. The van der Waals surface area contributed by atoms with Crippen molar-refractivity contribution in [1.29, 1.82) is 0 Å². The molecule has 3 N–H and O–H groups in total. The number of carboxylic acids is 2. The fourth-order valence-electron chi connectivity index (χ4n) is 2.11. The monoisotopic (exact) mass is 341 g/mol. The zero-order valence-electron chi connectivity index (χ0n) is 12.4. The van der Waals surface area contributed by atoms with Crippen LogP contribution in [0.3, 0.4) is 0 Å². The molecule has 0 saturated carbocycles. The minimum absolute atomic E-state index is 0. The summed E-state index contributed by atoms with van der Waals surface area (Å²) >= 11 is 0. The van der Waals surface area contributed by atoms with E-state index >= 15 is 0 Å². The molecule has 0 spiro atoms. The van der Waals surface area contributed by atoms with Gasteiger partial charge in [0.25, 0.3) is 0 Å². The van der Waals surface area contributed by atoms with Gasteiger partial charge in [-0.25, -0.2) is 9.59 Å². The number of anilines is 1. The molecule has 7 heteroatoms. The minimum atomic E-state index is -1.12. The third kappa shape index (κ3) is 10.4. The van der Waals surface area contributed by atoms with Gasteiger partial charge in [-0.1, -0.05) is 39.0 Å². The molecule has 0 unspecified atom stereocenters. The number of hydrogen-bond acceptors (Lipinski definition) is 3. The summed E-state index contributed by atoms with van der Waals surface area (Å²) in [5, 5.41) is 21.1. The molecule has 0 aliphatic heterocycles. The van der Waals surface area contributed by atoms with E-state index in [0.29, 0.717) is 12.2 Å². The Morgan fingerprint density at radius 2 is 1.35 bits per heavy atom. The Kier molecular flexibility index (Phi) is 15.7. The Labute approximate surface area is 181 Å². The number of benzene rings is 1. The number of carboxylic acid groups (broad SMARTS) is 2. The second-order valence-electron chi connectivity index (χ2n) is 5.10. The van der Waals surface area contributed by atoms with E-state index in [1.165, 1.54) is 43.9 Å². The molecular formula is C16H25NNa2O4. The summed E-state index contributed by atoms with van der Waals surface area (Å²) in [7, 11) is 0. The van der Waals surface area contributed by atoms with E-state index in [1.807, 2.05) is 0 Å². The van der Waals surface area contributed by atoms with Crippen molar-refractivity contribution in [1.82, 2.24) is 0 Å². The normalized spacial score (nSPS) is 9.43. The average molecular weight is 341 g/mol. The van der Waals surface area contributed by atoms with Crippen molar-refractivity contribution in [2.24, 2.45) is 0 Å². The van der Waals surface area contributed by atoms with Crippen LogP contribution in [0.15, 0.2) is 18.2 Å². The molecule has 1 rings (SSSR count). The van der Waals surface area contributed by atoms with Crippen LogP contribution in [-0.4, -0.2) is 87.8 Å². The van der Waals surface area contributed by atoms with E-state index in [2.05, 4.69) is 12.2 Å². The molecule has 1 aromatic rings. The summed E-state index contributed by atoms with van der Waals surface area (Å²) < 4.78 is 0. The van der Waals surface area contributed by atoms with E-state index in [1.54, 1.807) is 0 Å². The van der Waals surface area contributed by atoms with Gasteiger partial charge in [-0.3, -0.25) is 0 Å². The topological polar surface area (TPSA) is 86.6 Å². The van der Waals surface area contributed by atoms with Gasteiger partial charge in [-0.2, -0.15) is 0 Å². The molecule has 120 valence electrons. The first kappa shape index (κ1) is 25.2. The predicted molar refractivity (Wildman–Crippen MR) is 96.5 cm³/mol. The van der Waals surface area contributed by atoms with Gasteiger partial charge in [0, 0.05) is 12.2 Å². The summed E-state index contributed by atoms with van der Waals surface area (Å²) in [6.07, 6.45) is 7.04. The number of aromatic carboxylic acids is 2. The molecule has 0 aromatic heterocycles. The van der Waals surface area contributed by atoms with Gasteiger partial charge in [0.15, 0.2) is 0 Å². The van der Waals surface area contributed by atoms with Crippen molar-refractivity contribution in [2.45, 2.75) is 45.4 Å². The fourth-order valence-corrected chi connectivity index (χ4v) is 2.11. The number of carbonyl (C=O) groups is 2. The first-order valence-corrected chi connectivity index (χ1v) is 7.40. The van der Waals surface area contributed by atoms with Crippen molar-refractivity contribution in [2.75, 3.05) is 11.9 Å². The Hall–Kier alpha value is -0.0400. The molecule has 23 heavy (non-hydrogen) atoms. The van der Waals surface area contributed by atoms with Crippen LogP contribution in [0.4, 0.5) is 5.69 Å². The molecular weight excluding hydrogens is 316 g/mol. The number of rotatable bonds is 10. The third-order valence-electron chi connectivity index (χ3n) is 3.29. The van der Waals surface area contributed by atoms with Crippen molar-refractivity contribution in [3.8, 4) is 0 Å². The molecule has 0 aliphatic rings. The fraction of sp³-hybridized carbons (Fsp3) is 0.500. The van der Waals surface area contributed by atoms with E-state index in [0.717, 1.165) is 12.8 Å². The van der Waals surface area contributed by atoms with Gasteiger partial charge >= 0.3 is 71.1 Å². The molecule has 0 bridgehead atoms. The molecule has 1 aromatic carbocycles. The van der Waals surface area contributed by atoms with Gasteiger partial charge in [0.05, 0.1) is 11.1 Å². The molecule has 0 amide bonds. The first-order chi connectivity index (χ1) is 10.0. The number of nitrogens with one attached hydrogen (secondary N) is 1. The Balaban J connectivity index is 0. The maximum absolute atomic E-state index is 11.0.